The van der Waals surface area contributed by atoms with Crippen LogP contribution in [0.1, 0.15) is 37.6 Å². The van der Waals surface area contributed by atoms with Crippen molar-refractivity contribution >= 4 is 11.6 Å². The summed E-state index contributed by atoms with van der Waals surface area (Å²) in [6.07, 6.45) is 0.579. The Kier molecular flexibility index (Phi) is 5.21. The Morgan fingerprint density at radius 1 is 1.40 bits per heavy atom. The largest absolute Gasteiger partial charge is 0.394 e. The molecule has 0 aliphatic carbocycles. The molecule has 0 aromatic heterocycles. The summed E-state index contributed by atoms with van der Waals surface area (Å²) in [5.74, 6) is -0.541. The SMILES string of the molecule is CC(C)(C)CC(CO)NC(=O)c1ccccc1[N+](=O)[O-]. The van der Waals surface area contributed by atoms with E-state index in [1.807, 2.05) is 20.8 Å². The molecule has 6 heteroatoms. The van der Waals surface area contributed by atoms with Gasteiger partial charge in [0, 0.05) is 6.07 Å². The van der Waals surface area contributed by atoms with E-state index in [2.05, 4.69) is 5.32 Å². The van der Waals surface area contributed by atoms with Crippen LogP contribution in [0.4, 0.5) is 5.69 Å². The minimum absolute atomic E-state index is 0.00450. The summed E-state index contributed by atoms with van der Waals surface area (Å²) < 4.78 is 0. The molecule has 110 valence electrons. The Hall–Kier alpha value is -1.95. The smallest absolute Gasteiger partial charge is 0.282 e. The van der Waals surface area contributed by atoms with Crippen molar-refractivity contribution in [3.63, 3.8) is 0 Å². The summed E-state index contributed by atoms with van der Waals surface area (Å²) in [7, 11) is 0. The third-order valence-corrected chi connectivity index (χ3v) is 2.76. The molecule has 1 rings (SSSR count). The number of carbonyl (C=O) groups is 1. The van der Waals surface area contributed by atoms with Crippen molar-refractivity contribution in [2.45, 2.75) is 33.2 Å². The number of para-hydroxylation sites is 1. The highest BCUT2D eigenvalue weighted by molar-refractivity contribution is 5.98. The lowest BCUT2D eigenvalue weighted by Crippen LogP contribution is -2.40. The van der Waals surface area contributed by atoms with Crippen molar-refractivity contribution in [1.82, 2.24) is 5.32 Å². The molecule has 6 nitrogen and oxygen atoms in total. The van der Waals surface area contributed by atoms with Crippen LogP contribution < -0.4 is 5.32 Å². The van der Waals surface area contributed by atoms with Crippen LogP contribution in [0, 0.1) is 15.5 Å². The van der Waals surface area contributed by atoms with Gasteiger partial charge in [0.05, 0.1) is 17.6 Å². The molecule has 1 atom stereocenters. The Labute approximate surface area is 118 Å². The maximum atomic E-state index is 12.1. The first-order valence-corrected chi connectivity index (χ1v) is 6.40. The number of nitro groups is 1. The molecule has 0 heterocycles. The van der Waals surface area contributed by atoms with E-state index in [0.717, 1.165) is 0 Å². The van der Waals surface area contributed by atoms with E-state index in [1.54, 1.807) is 6.07 Å². The Morgan fingerprint density at radius 3 is 2.50 bits per heavy atom. The molecule has 0 aliphatic heterocycles. The third kappa shape index (κ3) is 4.62. The molecule has 0 aliphatic rings. The molecule has 0 saturated heterocycles. The van der Waals surface area contributed by atoms with E-state index >= 15 is 0 Å². The summed E-state index contributed by atoms with van der Waals surface area (Å²) >= 11 is 0. The molecule has 0 bridgehead atoms. The van der Waals surface area contributed by atoms with Crippen LogP contribution in [0.2, 0.25) is 0 Å². The molecule has 1 amide bonds. The zero-order valence-corrected chi connectivity index (χ0v) is 11.9. The number of nitrogens with one attached hydrogen (secondary N) is 1. The molecular weight excluding hydrogens is 260 g/mol. The van der Waals surface area contributed by atoms with Crippen LogP contribution >= 0.6 is 0 Å². The van der Waals surface area contributed by atoms with Crippen molar-refractivity contribution in [2.75, 3.05) is 6.61 Å². The van der Waals surface area contributed by atoms with Gasteiger partial charge in [0.15, 0.2) is 0 Å². The minimum atomic E-state index is -0.591. The molecule has 20 heavy (non-hydrogen) atoms. The van der Waals surface area contributed by atoms with Gasteiger partial charge in [-0.25, -0.2) is 0 Å². The second-order valence-corrected chi connectivity index (χ2v) is 5.89. The van der Waals surface area contributed by atoms with Crippen LogP contribution in [0.15, 0.2) is 24.3 Å². The number of benzene rings is 1. The predicted octanol–water partition coefficient (Wildman–Crippen LogP) is 2.12. The first-order chi connectivity index (χ1) is 9.24. The van der Waals surface area contributed by atoms with Gasteiger partial charge in [0.25, 0.3) is 11.6 Å². The second kappa shape index (κ2) is 6.47. The van der Waals surface area contributed by atoms with Crippen molar-refractivity contribution in [3.05, 3.63) is 39.9 Å². The van der Waals surface area contributed by atoms with Gasteiger partial charge < -0.3 is 10.4 Å². The number of nitro benzene ring substituents is 1. The Morgan fingerprint density at radius 2 is 2.00 bits per heavy atom. The summed E-state index contributed by atoms with van der Waals surface area (Å²) in [5, 5.41) is 22.8. The molecule has 1 aromatic carbocycles. The topological polar surface area (TPSA) is 92.5 Å². The number of carbonyl (C=O) groups excluding carboxylic acids is 1. The van der Waals surface area contributed by atoms with Gasteiger partial charge in [-0.1, -0.05) is 32.9 Å². The number of amides is 1. The number of aliphatic hydroxyl groups excluding tert-OH is 1. The average Bonchev–Trinajstić information content (AvgIpc) is 2.36. The van der Waals surface area contributed by atoms with Crippen LogP contribution in [-0.4, -0.2) is 28.6 Å². The molecule has 2 N–H and O–H groups in total. The maximum absolute atomic E-state index is 12.1. The van der Waals surface area contributed by atoms with E-state index in [1.165, 1.54) is 18.2 Å². The molecule has 0 saturated carbocycles. The van der Waals surface area contributed by atoms with E-state index in [0.29, 0.717) is 6.42 Å². The highest BCUT2D eigenvalue weighted by Crippen LogP contribution is 2.22. The fourth-order valence-electron chi connectivity index (χ4n) is 1.99. The average molecular weight is 280 g/mol. The zero-order chi connectivity index (χ0) is 15.3. The fourth-order valence-corrected chi connectivity index (χ4v) is 1.99. The Bertz CT molecular complexity index is 494. The number of aliphatic hydroxyl groups is 1. The fraction of sp³-hybridized carbons (Fsp3) is 0.500. The van der Waals surface area contributed by atoms with Crippen molar-refractivity contribution in [3.8, 4) is 0 Å². The normalized spacial score (nSPS) is 12.8. The quantitative estimate of drug-likeness (QED) is 0.638. The number of hydrogen-bond donors (Lipinski definition) is 2. The van der Waals surface area contributed by atoms with Gasteiger partial charge in [-0.05, 0) is 17.9 Å². The van der Waals surface area contributed by atoms with Gasteiger partial charge in [-0.2, -0.15) is 0 Å². The number of hydrogen-bond acceptors (Lipinski definition) is 4. The lowest BCUT2D eigenvalue weighted by atomic mass is 9.88. The first kappa shape index (κ1) is 16.1. The summed E-state index contributed by atoms with van der Waals surface area (Å²) in [5.41, 5.74) is -0.300. The van der Waals surface area contributed by atoms with Crippen LogP contribution in [0.5, 0.6) is 0 Å². The molecule has 0 spiro atoms. The molecule has 0 fully saturated rings. The van der Waals surface area contributed by atoms with Gasteiger partial charge in [-0.15, -0.1) is 0 Å². The zero-order valence-electron chi connectivity index (χ0n) is 11.9. The first-order valence-electron chi connectivity index (χ1n) is 6.40. The van der Waals surface area contributed by atoms with Gasteiger partial charge in [0.1, 0.15) is 5.56 Å². The van der Waals surface area contributed by atoms with Gasteiger partial charge in [-0.3, -0.25) is 14.9 Å². The summed E-state index contributed by atoms with van der Waals surface area (Å²) in [6.45, 7) is 5.77. The van der Waals surface area contributed by atoms with Crippen LogP contribution in [0.3, 0.4) is 0 Å². The molecule has 1 aromatic rings. The van der Waals surface area contributed by atoms with Crippen molar-refractivity contribution in [1.29, 1.82) is 0 Å². The molecule has 0 radical (unpaired) electrons. The van der Waals surface area contributed by atoms with Gasteiger partial charge in [0.2, 0.25) is 0 Å². The van der Waals surface area contributed by atoms with E-state index in [9.17, 15) is 20.0 Å². The second-order valence-electron chi connectivity index (χ2n) is 5.89. The lowest BCUT2D eigenvalue weighted by Gasteiger charge is -2.25. The van der Waals surface area contributed by atoms with Crippen molar-refractivity contribution < 1.29 is 14.8 Å². The third-order valence-electron chi connectivity index (χ3n) is 2.76. The number of nitrogens with zero attached hydrogens (tertiary/aromatic N) is 1. The van der Waals surface area contributed by atoms with E-state index in [4.69, 9.17) is 0 Å². The van der Waals surface area contributed by atoms with E-state index in [-0.39, 0.29) is 23.3 Å². The highest BCUT2D eigenvalue weighted by Gasteiger charge is 2.24. The Balaban J connectivity index is 2.88. The monoisotopic (exact) mass is 280 g/mol. The standard InChI is InChI=1S/C14H20N2O4/c1-14(2,3)8-10(9-17)15-13(18)11-6-4-5-7-12(11)16(19)20/h4-7,10,17H,8-9H2,1-3H3,(H,15,18). The lowest BCUT2D eigenvalue weighted by molar-refractivity contribution is -0.385. The van der Waals surface area contributed by atoms with Gasteiger partial charge >= 0.3 is 0 Å². The van der Waals surface area contributed by atoms with Crippen LogP contribution in [-0.2, 0) is 0 Å². The molecular formula is C14H20N2O4. The predicted molar refractivity (Wildman–Crippen MR) is 75.5 cm³/mol. The summed E-state index contributed by atoms with van der Waals surface area (Å²) in [6, 6.07) is 5.33. The van der Waals surface area contributed by atoms with E-state index < -0.39 is 16.9 Å². The number of rotatable bonds is 5. The highest BCUT2D eigenvalue weighted by atomic mass is 16.6. The van der Waals surface area contributed by atoms with Crippen molar-refractivity contribution in [2.24, 2.45) is 5.41 Å². The molecule has 1 unspecified atom stereocenters. The van der Waals surface area contributed by atoms with Crippen LogP contribution in [0.25, 0.3) is 0 Å². The summed E-state index contributed by atoms with van der Waals surface area (Å²) in [4.78, 5) is 22.4. The maximum Gasteiger partial charge on any atom is 0.282 e. The minimum Gasteiger partial charge on any atom is -0.394 e.